The van der Waals surface area contributed by atoms with Crippen molar-refractivity contribution in [3.8, 4) is 0 Å². The molecule has 0 aromatic rings. The van der Waals surface area contributed by atoms with E-state index in [9.17, 15) is 0 Å². The van der Waals surface area contributed by atoms with Crippen LogP contribution in [0.5, 0.6) is 0 Å². The first-order valence-electron chi connectivity index (χ1n) is 3.09. The first-order chi connectivity index (χ1) is 3.73. The topological polar surface area (TPSA) is 12.5 Å². The SMILES string of the molecule is C=C1CCC2OC12C. The number of epoxide rings is 1. The standard InChI is InChI=1S/C7H10O/c1-5-3-4-6-7(5,2)8-6/h6H,1,3-4H2,2H3. The van der Waals surface area contributed by atoms with Crippen LogP contribution in [-0.2, 0) is 4.74 Å². The van der Waals surface area contributed by atoms with E-state index in [-0.39, 0.29) is 5.60 Å². The van der Waals surface area contributed by atoms with Gasteiger partial charge >= 0.3 is 0 Å². The summed E-state index contributed by atoms with van der Waals surface area (Å²) in [5.41, 5.74) is 1.42. The molecule has 0 aromatic heterocycles. The Morgan fingerprint density at radius 3 is 2.75 bits per heavy atom. The van der Waals surface area contributed by atoms with Crippen LogP contribution >= 0.6 is 0 Å². The third kappa shape index (κ3) is 0.324. The second kappa shape index (κ2) is 1.01. The zero-order valence-electron chi connectivity index (χ0n) is 5.11. The quantitative estimate of drug-likeness (QED) is 0.340. The summed E-state index contributed by atoms with van der Waals surface area (Å²) >= 11 is 0. The van der Waals surface area contributed by atoms with Crippen LogP contribution < -0.4 is 0 Å². The van der Waals surface area contributed by atoms with Crippen molar-refractivity contribution in [1.29, 1.82) is 0 Å². The van der Waals surface area contributed by atoms with Crippen molar-refractivity contribution in [3.05, 3.63) is 12.2 Å². The average molecular weight is 110 g/mol. The summed E-state index contributed by atoms with van der Waals surface area (Å²) in [5, 5.41) is 0. The smallest absolute Gasteiger partial charge is 0.113 e. The van der Waals surface area contributed by atoms with Crippen LogP contribution in [0, 0.1) is 0 Å². The summed E-state index contributed by atoms with van der Waals surface area (Å²) < 4.78 is 5.35. The summed E-state index contributed by atoms with van der Waals surface area (Å²) in [6.07, 6.45) is 2.92. The molecule has 1 heterocycles. The molecule has 2 fully saturated rings. The first kappa shape index (κ1) is 4.57. The fraction of sp³-hybridized carbons (Fsp3) is 0.714. The van der Waals surface area contributed by atoms with Crippen molar-refractivity contribution in [1.82, 2.24) is 0 Å². The molecule has 0 N–H and O–H groups in total. The number of rotatable bonds is 0. The Bertz CT molecular complexity index is 148. The summed E-state index contributed by atoms with van der Waals surface area (Å²) in [5.74, 6) is 0. The minimum atomic E-state index is 0.125. The van der Waals surface area contributed by atoms with E-state index in [2.05, 4.69) is 13.5 Å². The molecule has 0 spiro atoms. The van der Waals surface area contributed by atoms with Crippen molar-refractivity contribution >= 4 is 0 Å². The lowest BCUT2D eigenvalue weighted by molar-refractivity contribution is 0.307. The molecule has 1 aliphatic heterocycles. The molecule has 2 unspecified atom stereocenters. The molecule has 0 aromatic carbocycles. The minimum Gasteiger partial charge on any atom is -0.362 e. The van der Waals surface area contributed by atoms with Crippen LogP contribution in [0.25, 0.3) is 0 Å². The highest BCUT2D eigenvalue weighted by atomic mass is 16.6. The maximum Gasteiger partial charge on any atom is 0.113 e. The van der Waals surface area contributed by atoms with E-state index < -0.39 is 0 Å². The van der Waals surface area contributed by atoms with Crippen molar-refractivity contribution in [2.24, 2.45) is 0 Å². The van der Waals surface area contributed by atoms with Gasteiger partial charge in [0.05, 0.1) is 6.10 Å². The van der Waals surface area contributed by atoms with Gasteiger partial charge in [-0.05, 0) is 25.3 Å². The van der Waals surface area contributed by atoms with Gasteiger partial charge < -0.3 is 4.74 Å². The zero-order chi connectivity index (χ0) is 5.78. The van der Waals surface area contributed by atoms with Crippen LogP contribution in [-0.4, -0.2) is 11.7 Å². The monoisotopic (exact) mass is 110 g/mol. The highest BCUT2D eigenvalue weighted by molar-refractivity contribution is 5.28. The molecule has 1 aliphatic carbocycles. The van der Waals surface area contributed by atoms with Gasteiger partial charge in [-0.25, -0.2) is 0 Å². The molecule has 0 amide bonds. The van der Waals surface area contributed by atoms with Gasteiger partial charge in [0.2, 0.25) is 0 Å². The molecule has 1 saturated heterocycles. The summed E-state index contributed by atoms with van der Waals surface area (Å²) in [7, 11) is 0. The van der Waals surface area contributed by atoms with Crippen LogP contribution in [0.2, 0.25) is 0 Å². The summed E-state index contributed by atoms with van der Waals surface area (Å²) in [4.78, 5) is 0. The Morgan fingerprint density at radius 1 is 1.88 bits per heavy atom. The molecule has 2 atom stereocenters. The van der Waals surface area contributed by atoms with E-state index in [0.29, 0.717) is 6.10 Å². The molecular formula is C7H10O. The molecule has 0 bridgehead atoms. The predicted octanol–water partition coefficient (Wildman–Crippen LogP) is 1.49. The molecule has 0 radical (unpaired) electrons. The van der Waals surface area contributed by atoms with Crippen LogP contribution in [0.3, 0.4) is 0 Å². The number of ether oxygens (including phenoxy) is 1. The van der Waals surface area contributed by atoms with Crippen molar-refractivity contribution in [2.75, 3.05) is 0 Å². The van der Waals surface area contributed by atoms with E-state index in [1.54, 1.807) is 0 Å². The Labute approximate surface area is 49.3 Å². The van der Waals surface area contributed by atoms with Crippen LogP contribution in [0.1, 0.15) is 19.8 Å². The van der Waals surface area contributed by atoms with Crippen molar-refractivity contribution in [2.45, 2.75) is 31.5 Å². The zero-order valence-corrected chi connectivity index (χ0v) is 5.11. The molecule has 2 aliphatic rings. The second-order valence-electron chi connectivity index (χ2n) is 2.86. The third-order valence-corrected chi connectivity index (χ3v) is 2.35. The Morgan fingerprint density at radius 2 is 2.62 bits per heavy atom. The van der Waals surface area contributed by atoms with Gasteiger partial charge in [-0.3, -0.25) is 0 Å². The Balaban J connectivity index is 2.31. The van der Waals surface area contributed by atoms with Crippen molar-refractivity contribution in [3.63, 3.8) is 0 Å². The van der Waals surface area contributed by atoms with Gasteiger partial charge in [-0.15, -0.1) is 0 Å². The second-order valence-corrected chi connectivity index (χ2v) is 2.86. The van der Waals surface area contributed by atoms with E-state index in [4.69, 9.17) is 4.74 Å². The van der Waals surface area contributed by atoms with E-state index >= 15 is 0 Å². The Kier molecular flexibility index (Phi) is 0.575. The van der Waals surface area contributed by atoms with Gasteiger partial charge in [0.15, 0.2) is 0 Å². The van der Waals surface area contributed by atoms with E-state index in [1.165, 1.54) is 18.4 Å². The minimum absolute atomic E-state index is 0.125. The molecule has 1 heteroatoms. The number of hydrogen-bond acceptors (Lipinski definition) is 1. The number of fused-ring (bicyclic) bond motifs is 1. The predicted molar refractivity (Wildman–Crippen MR) is 31.7 cm³/mol. The maximum atomic E-state index is 5.35. The molecule has 44 valence electrons. The van der Waals surface area contributed by atoms with Gasteiger partial charge in [-0.2, -0.15) is 0 Å². The molecule has 1 saturated carbocycles. The highest BCUT2D eigenvalue weighted by Gasteiger charge is 2.57. The molecule has 8 heavy (non-hydrogen) atoms. The lowest BCUT2D eigenvalue weighted by atomic mass is 10.1. The summed E-state index contributed by atoms with van der Waals surface area (Å²) in [6.45, 7) is 6.06. The van der Waals surface area contributed by atoms with Gasteiger partial charge in [-0.1, -0.05) is 6.58 Å². The molecule has 2 rings (SSSR count). The van der Waals surface area contributed by atoms with E-state index in [0.717, 1.165) is 0 Å². The fourth-order valence-corrected chi connectivity index (χ4v) is 1.46. The highest BCUT2D eigenvalue weighted by Crippen LogP contribution is 2.52. The fourth-order valence-electron chi connectivity index (χ4n) is 1.46. The van der Waals surface area contributed by atoms with Crippen molar-refractivity contribution < 1.29 is 4.74 Å². The molecule has 1 nitrogen and oxygen atoms in total. The third-order valence-electron chi connectivity index (χ3n) is 2.35. The van der Waals surface area contributed by atoms with Crippen LogP contribution in [0.4, 0.5) is 0 Å². The van der Waals surface area contributed by atoms with E-state index in [1.807, 2.05) is 0 Å². The van der Waals surface area contributed by atoms with Gasteiger partial charge in [0.1, 0.15) is 5.60 Å². The average Bonchev–Trinajstić information content (AvgIpc) is 2.31. The summed E-state index contributed by atoms with van der Waals surface area (Å²) in [6, 6.07) is 0. The van der Waals surface area contributed by atoms with Gasteiger partial charge in [0.25, 0.3) is 0 Å². The molecular weight excluding hydrogens is 100 g/mol. The number of hydrogen-bond donors (Lipinski definition) is 0. The Hall–Kier alpha value is -0.300. The lowest BCUT2D eigenvalue weighted by Gasteiger charge is -2.00. The normalized spacial score (nSPS) is 51.6. The van der Waals surface area contributed by atoms with Gasteiger partial charge in [0, 0.05) is 0 Å². The largest absolute Gasteiger partial charge is 0.362 e. The lowest BCUT2D eigenvalue weighted by Crippen LogP contribution is -2.03. The van der Waals surface area contributed by atoms with Crippen LogP contribution in [0.15, 0.2) is 12.2 Å². The maximum absolute atomic E-state index is 5.35. The first-order valence-corrected chi connectivity index (χ1v) is 3.09.